The van der Waals surface area contributed by atoms with Crippen LogP contribution in [0.1, 0.15) is 46.0 Å². The summed E-state index contributed by atoms with van der Waals surface area (Å²) in [4.78, 5) is 2.73. The predicted molar refractivity (Wildman–Crippen MR) is 79.9 cm³/mol. The lowest BCUT2D eigenvalue weighted by atomic mass is 9.88. The molecule has 17 heavy (non-hydrogen) atoms. The maximum Gasteiger partial charge on any atom is 0.0195 e. The van der Waals surface area contributed by atoms with E-state index in [1.807, 2.05) is 5.83 Å². The van der Waals surface area contributed by atoms with E-state index >= 15 is 0 Å². The lowest BCUT2D eigenvalue weighted by Gasteiger charge is -2.42. The summed E-state index contributed by atoms with van der Waals surface area (Å²) in [5.41, 5.74) is 0. The van der Waals surface area contributed by atoms with Crippen LogP contribution in [0, 0.1) is 5.92 Å². The highest BCUT2D eigenvalue weighted by atomic mass is 79.9. The molecule has 0 bridgehead atoms. The Bertz CT molecular complexity index is 183. The van der Waals surface area contributed by atoms with Crippen molar-refractivity contribution in [3.63, 3.8) is 0 Å². The molecule has 3 heteroatoms. The van der Waals surface area contributed by atoms with Gasteiger partial charge in [0.1, 0.15) is 0 Å². The quantitative estimate of drug-likeness (QED) is 0.788. The number of rotatable bonds is 2. The van der Waals surface area contributed by atoms with Crippen molar-refractivity contribution in [2.75, 3.05) is 25.5 Å². The molecule has 0 aromatic rings. The number of halogens is 1. The minimum Gasteiger partial charge on any atom is -0.314 e. The van der Waals surface area contributed by atoms with E-state index in [1.165, 1.54) is 51.7 Å². The first kappa shape index (κ1) is 15.5. The maximum absolute atomic E-state index is 3.51. The normalized spacial score (nSPS) is 31.8. The third kappa shape index (κ3) is 4.88. The monoisotopic (exact) mass is 304 g/mol. The van der Waals surface area contributed by atoms with Crippen LogP contribution >= 0.6 is 15.9 Å². The van der Waals surface area contributed by atoms with E-state index in [0.29, 0.717) is 0 Å². The lowest BCUT2D eigenvalue weighted by molar-refractivity contribution is 0.0867. The zero-order valence-electron chi connectivity index (χ0n) is 11.7. The summed E-state index contributed by atoms with van der Waals surface area (Å²) in [6.07, 6.45) is 7.37. The number of nitrogens with zero attached hydrogens (tertiary/aromatic N) is 1. The van der Waals surface area contributed by atoms with Crippen LogP contribution in [0.25, 0.3) is 0 Å². The summed E-state index contributed by atoms with van der Waals surface area (Å²) in [6, 6.07) is 1.46. The molecule has 1 aliphatic carbocycles. The highest BCUT2D eigenvalue weighted by Gasteiger charge is 2.27. The predicted octanol–water partition coefficient (Wildman–Crippen LogP) is 3.26. The van der Waals surface area contributed by atoms with Crippen LogP contribution in [-0.2, 0) is 0 Å². The van der Waals surface area contributed by atoms with Crippen molar-refractivity contribution in [3.05, 3.63) is 0 Å². The van der Waals surface area contributed by atoms with Gasteiger partial charge >= 0.3 is 0 Å². The van der Waals surface area contributed by atoms with Crippen molar-refractivity contribution in [1.29, 1.82) is 0 Å². The second-order valence-corrected chi connectivity index (χ2v) is 5.56. The van der Waals surface area contributed by atoms with Crippen molar-refractivity contribution < 1.29 is 0 Å². The molecule has 1 heterocycles. The smallest absolute Gasteiger partial charge is 0.0195 e. The van der Waals surface area contributed by atoms with Gasteiger partial charge in [-0.05, 0) is 38.4 Å². The first-order valence-electron chi connectivity index (χ1n) is 7.11. The number of piperazine rings is 1. The Morgan fingerprint density at radius 2 is 1.53 bits per heavy atom. The molecular weight excluding hydrogens is 276 g/mol. The van der Waals surface area contributed by atoms with Gasteiger partial charge in [0, 0.05) is 31.7 Å². The molecule has 0 aromatic heterocycles. The Balaban J connectivity index is 0.000000686. The molecule has 2 unspecified atom stereocenters. The van der Waals surface area contributed by atoms with Crippen molar-refractivity contribution in [2.45, 2.75) is 58.0 Å². The second-order valence-electron chi connectivity index (χ2n) is 5.56. The topological polar surface area (TPSA) is 15.3 Å². The molecule has 2 atom stereocenters. The summed E-state index contributed by atoms with van der Waals surface area (Å²) < 4.78 is 0. The number of hydrogen-bond acceptors (Lipinski definition) is 2. The van der Waals surface area contributed by atoms with Crippen LogP contribution in [0.3, 0.4) is 0 Å². The van der Waals surface area contributed by atoms with E-state index in [0.717, 1.165) is 18.0 Å². The molecule has 2 fully saturated rings. The number of alkyl halides is 1. The van der Waals surface area contributed by atoms with Gasteiger partial charge in [0.15, 0.2) is 0 Å². The van der Waals surface area contributed by atoms with E-state index in [1.54, 1.807) is 0 Å². The molecule has 2 nitrogen and oxygen atoms in total. The first-order chi connectivity index (χ1) is 8.27. The molecule has 102 valence electrons. The van der Waals surface area contributed by atoms with Crippen molar-refractivity contribution in [3.8, 4) is 0 Å². The van der Waals surface area contributed by atoms with Gasteiger partial charge in [0.2, 0.25) is 0 Å². The number of nitrogens with one attached hydrogen (secondary N) is 1. The zero-order valence-corrected chi connectivity index (χ0v) is 13.3. The molecule has 0 amide bonds. The van der Waals surface area contributed by atoms with Crippen molar-refractivity contribution in [2.24, 2.45) is 5.92 Å². The molecule has 2 rings (SSSR count). The first-order valence-corrected chi connectivity index (χ1v) is 8.70. The summed E-state index contributed by atoms with van der Waals surface area (Å²) in [6.45, 7) is 8.44. The fourth-order valence-electron chi connectivity index (χ4n) is 3.20. The summed E-state index contributed by atoms with van der Waals surface area (Å²) in [5, 5.41) is 3.51. The molecule has 0 aromatic carbocycles. The van der Waals surface area contributed by atoms with Crippen LogP contribution in [0.2, 0.25) is 0 Å². The van der Waals surface area contributed by atoms with E-state index in [9.17, 15) is 0 Å². The summed E-state index contributed by atoms with van der Waals surface area (Å²) >= 11 is 2.94. The van der Waals surface area contributed by atoms with Crippen molar-refractivity contribution >= 4 is 15.9 Å². The Kier molecular flexibility index (Phi) is 7.72. The average molecular weight is 305 g/mol. The van der Waals surface area contributed by atoms with Crippen LogP contribution in [0.4, 0.5) is 0 Å². The van der Waals surface area contributed by atoms with E-state index in [4.69, 9.17) is 0 Å². The maximum atomic E-state index is 3.51. The van der Waals surface area contributed by atoms with Crippen LogP contribution in [-0.4, -0.2) is 42.5 Å². The van der Waals surface area contributed by atoms with Gasteiger partial charge in [-0.15, -0.1) is 0 Å². The standard InChI is InChI=1S/C13H26N2.CH3Br/c1-11-8-14-9-12(2)15(11)10-13-6-4-3-5-7-13;1-2/h11-14H,3-10H2,1-2H3;1H3. The molecule has 0 radical (unpaired) electrons. The highest BCUT2D eigenvalue weighted by Crippen LogP contribution is 2.26. The fraction of sp³-hybridized carbons (Fsp3) is 1.00. The van der Waals surface area contributed by atoms with Crippen LogP contribution < -0.4 is 5.32 Å². The third-order valence-corrected chi connectivity index (χ3v) is 4.21. The van der Waals surface area contributed by atoms with E-state index < -0.39 is 0 Å². The molecule has 1 aliphatic heterocycles. The molecule has 0 spiro atoms. The van der Waals surface area contributed by atoms with Gasteiger partial charge in [0.25, 0.3) is 0 Å². The molecule has 2 aliphatic rings. The largest absolute Gasteiger partial charge is 0.314 e. The highest BCUT2D eigenvalue weighted by molar-refractivity contribution is 9.08. The molecule has 1 N–H and O–H groups in total. The molecular formula is C14H29BrN2. The van der Waals surface area contributed by atoms with Crippen LogP contribution in [0.15, 0.2) is 0 Å². The Morgan fingerprint density at radius 3 is 2.06 bits per heavy atom. The summed E-state index contributed by atoms with van der Waals surface area (Å²) in [5.74, 6) is 2.80. The Labute approximate surface area is 116 Å². The van der Waals surface area contributed by atoms with Gasteiger partial charge < -0.3 is 5.32 Å². The third-order valence-electron chi connectivity index (χ3n) is 4.21. The average Bonchev–Trinajstić information content (AvgIpc) is 2.38. The minimum absolute atomic E-state index is 0.732. The van der Waals surface area contributed by atoms with Gasteiger partial charge in [-0.3, -0.25) is 4.90 Å². The fourth-order valence-corrected chi connectivity index (χ4v) is 3.20. The molecule has 1 saturated carbocycles. The van der Waals surface area contributed by atoms with Gasteiger partial charge in [-0.1, -0.05) is 35.2 Å². The lowest BCUT2D eigenvalue weighted by Crippen LogP contribution is -2.56. The zero-order chi connectivity index (χ0) is 12.7. The number of hydrogen-bond donors (Lipinski definition) is 1. The van der Waals surface area contributed by atoms with Gasteiger partial charge in [0.05, 0.1) is 0 Å². The van der Waals surface area contributed by atoms with Crippen LogP contribution in [0.5, 0.6) is 0 Å². The Hall–Kier alpha value is 0.400. The summed E-state index contributed by atoms with van der Waals surface area (Å²) in [7, 11) is 0. The van der Waals surface area contributed by atoms with Gasteiger partial charge in [-0.25, -0.2) is 0 Å². The van der Waals surface area contributed by atoms with Gasteiger partial charge in [-0.2, -0.15) is 0 Å². The second kappa shape index (κ2) is 8.49. The SMILES string of the molecule is CBr.CC1CNCC(C)N1CC1CCCCC1. The van der Waals surface area contributed by atoms with Crippen molar-refractivity contribution in [1.82, 2.24) is 10.2 Å². The minimum atomic E-state index is 0.732. The Morgan fingerprint density at radius 1 is 1.00 bits per heavy atom. The molecule has 1 saturated heterocycles. The van der Waals surface area contributed by atoms with E-state index in [-0.39, 0.29) is 0 Å². The van der Waals surface area contributed by atoms with E-state index in [2.05, 4.69) is 40.0 Å².